The minimum atomic E-state index is -1.08. The van der Waals surface area contributed by atoms with E-state index in [1.54, 1.807) is 0 Å². The maximum absolute atomic E-state index is 13.4. The van der Waals surface area contributed by atoms with E-state index in [0.717, 1.165) is 12.5 Å². The number of hydrogen-bond acceptors (Lipinski definition) is 1. The molecule has 2 rings (SSSR count). The first-order valence-corrected chi connectivity index (χ1v) is 5.96. The summed E-state index contributed by atoms with van der Waals surface area (Å²) < 4.78 is 26.4. The zero-order valence-electron chi connectivity index (χ0n) is 9.13. The predicted octanol–water partition coefficient (Wildman–Crippen LogP) is 2.67. The number of amides is 1. The number of carbonyl (C=O) groups is 1. The molecule has 5 heteroatoms. The van der Waals surface area contributed by atoms with Gasteiger partial charge in [-0.3, -0.25) is 4.79 Å². The molecule has 1 aliphatic rings. The lowest BCUT2D eigenvalue weighted by molar-refractivity contribution is 0.0782. The van der Waals surface area contributed by atoms with Gasteiger partial charge in [0.2, 0.25) is 0 Å². The monoisotopic (exact) mass is 259 g/mol. The summed E-state index contributed by atoms with van der Waals surface area (Å²) in [5.74, 6) is -1.81. The highest BCUT2D eigenvalue weighted by Crippen LogP contribution is 2.21. The Bertz CT molecular complexity index is 439. The Morgan fingerprint density at radius 2 is 2.24 bits per heavy atom. The van der Waals surface area contributed by atoms with Crippen LogP contribution in [0.25, 0.3) is 0 Å². The second-order valence-corrected chi connectivity index (χ2v) is 4.47. The molecule has 0 aromatic heterocycles. The number of alkyl halides is 1. The van der Waals surface area contributed by atoms with Crippen molar-refractivity contribution in [2.24, 2.45) is 5.92 Å². The molecule has 1 atom stereocenters. The molecule has 0 bridgehead atoms. The number of benzene rings is 1. The molecule has 1 unspecified atom stereocenters. The molecule has 1 aliphatic heterocycles. The zero-order chi connectivity index (χ0) is 12.4. The minimum absolute atomic E-state index is 0.208. The molecule has 2 nitrogen and oxygen atoms in total. The second kappa shape index (κ2) is 5.00. The van der Waals surface area contributed by atoms with Crippen molar-refractivity contribution in [3.63, 3.8) is 0 Å². The van der Waals surface area contributed by atoms with Crippen molar-refractivity contribution in [2.75, 3.05) is 19.0 Å². The summed E-state index contributed by atoms with van der Waals surface area (Å²) in [7, 11) is 0. The number of hydrogen-bond donors (Lipinski definition) is 0. The van der Waals surface area contributed by atoms with Crippen LogP contribution in [-0.2, 0) is 0 Å². The SMILES string of the molecule is O=C(c1cccc(F)c1F)N1CCC(CCl)C1. The van der Waals surface area contributed by atoms with Crippen molar-refractivity contribution >= 4 is 17.5 Å². The third-order valence-electron chi connectivity index (χ3n) is 2.97. The second-order valence-electron chi connectivity index (χ2n) is 4.16. The fourth-order valence-electron chi connectivity index (χ4n) is 1.98. The summed E-state index contributed by atoms with van der Waals surface area (Å²) in [6.45, 7) is 1.06. The molecular formula is C12H12ClF2NO. The molecule has 17 heavy (non-hydrogen) atoms. The van der Waals surface area contributed by atoms with Gasteiger partial charge in [-0.15, -0.1) is 11.6 Å². The summed E-state index contributed by atoms with van der Waals surface area (Å²) in [5.41, 5.74) is -0.208. The highest BCUT2D eigenvalue weighted by Gasteiger charge is 2.28. The van der Waals surface area contributed by atoms with Gasteiger partial charge in [0.25, 0.3) is 5.91 Å². The van der Waals surface area contributed by atoms with Crippen molar-refractivity contribution in [3.8, 4) is 0 Å². The molecule has 0 aliphatic carbocycles. The Kier molecular flexibility index (Phi) is 3.62. The first-order chi connectivity index (χ1) is 8.13. The van der Waals surface area contributed by atoms with Crippen LogP contribution < -0.4 is 0 Å². The van der Waals surface area contributed by atoms with Gasteiger partial charge in [-0.05, 0) is 24.5 Å². The van der Waals surface area contributed by atoms with E-state index < -0.39 is 17.5 Å². The Morgan fingerprint density at radius 1 is 1.47 bits per heavy atom. The van der Waals surface area contributed by atoms with Gasteiger partial charge in [-0.2, -0.15) is 0 Å². The van der Waals surface area contributed by atoms with E-state index in [9.17, 15) is 13.6 Å². The van der Waals surface area contributed by atoms with E-state index in [1.165, 1.54) is 17.0 Å². The fraction of sp³-hybridized carbons (Fsp3) is 0.417. The molecule has 1 fully saturated rings. The van der Waals surface area contributed by atoms with E-state index in [4.69, 9.17) is 11.6 Å². The van der Waals surface area contributed by atoms with Gasteiger partial charge in [0.05, 0.1) is 5.56 Å². The lowest BCUT2D eigenvalue weighted by Crippen LogP contribution is -2.29. The molecule has 1 saturated heterocycles. The van der Waals surface area contributed by atoms with Crippen molar-refractivity contribution in [1.29, 1.82) is 0 Å². The average Bonchev–Trinajstić information content (AvgIpc) is 2.80. The van der Waals surface area contributed by atoms with Crippen molar-refractivity contribution < 1.29 is 13.6 Å². The van der Waals surface area contributed by atoms with Crippen molar-refractivity contribution in [1.82, 2.24) is 4.90 Å². The summed E-state index contributed by atoms with van der Waals surface area (Å²) >= 11 is 5.71. The maximum Gasteiger partial charge on any atom is 0.256 e. The number of carbonyl (C=O) groups excluding carboxylic acids is 1. The third kappa shape index (κ3) is 2.41. The van der Waals surface area contributed by atoms with Gasteiger partial charge in [0, 0.05) is 19.0 Å². The average molecular weight is 260 g/mol. The van der Waals surface area contributed by atoms with Gasteiger partial charge in [-0.25, -0.2) is 8.78 Å². The first kappa shape index (κ1) is 12.3. The Labute approximate surface area is 103 Å². The van der Waals surface area contributed by atoms with E-state index in [0.29, 0.717) is 19.0 Å². The number of rotatable bonds is 2. The van der Waals surface area contributed by atoms with Crippen LogP contribution in [0, 0.1) is 17.6 Å². The topological polar surface area (TPSA) is 20.3 Å². The molecule has 1 aromatic rings. The van der Waals surface area contributed by atoms with Crippen molar-refractivity contribution in [3.05, 3.63) is 35.4 Å². The Balaban J connectivity index is 2.18. The molecule has 1 heterocycles. The van der Waals surface area contributed by atoms with Crippen LogP contribution in [0.15, 0.2) is 18.2 Å². The largest absolute Gasteiger partial charge is 0.338 e. The van der Waals surface area contributed by atoms with Gasteiger partial charge in [-0.1, -0.05) is 6.07 Å². The summed E-state index contributed by atoms with van der Waals surface area (Å²) in [5, 5.41) is 0. The molecule has 1 amide bonds. The highest BCUT2D eigenvalue weighted by atomic mass is 35.5. The van der Waals surface area contributed by atoms with Crippen LogP contribution in [0.5, 0.6) is 0 Å². The maximum atomic E-state index is 13.4. The number of halogens is 3. The predicted molar refractivity (Wildman–Crippen MR) is 61.1 cm³/mol. The van der Waals surface area contributed by atoms with Crippen molar-refractivity contribution in [2.45, 2.75) is 6.42 Å². The smallest absolute Gasteiger partial charge is 0.256 e. The molecule has 1 aromatic carbocycles. The van der Waals surface area contributed by atoms with E-state index >= 15 is 0 Å². The van der Waals surface area contributed by atoms with Crippen LogP contribution >= 0.6 is 11.6 Å². The van der Waals surface area contributed by atoms with E-state index in [1.807, 2.05) is 0 Å². The van der Waals surface area contributed by atoms with E-state index in [2.05, 4.69) is 0 Å². The summed E-state index contributed by atoms with van der Waals surface area (Å²) in [4.78, 5) is 13.5. The first-order valence-electron chi connectivity index (χ1n) is 5.42. The Hall–Kier alpha value is -1.16. The van der Waals surface area contributed by atoms with Gasteiger partial charge in [0.15, 0.2) is 11.6 Å². The lowest BCUT2D eigenvalue weighted by atomic mass is 10.1. The van der Waals surface area contributed by atoms with Crippen LogP contribution in [0.1, 0.15) is 16.8 Å². The number of nitrogens with zero attached hydrogens (tertiary/aromatic N) is 1. The standard InChI is InChI=1S/C12H12ClF2NO/c13-6-8-4-5-16(7-8)12(17)9-2-1-3-10(14)11(9)15/h1-3,8H,4-7H2. The molecular weight excluding hydrogens is 248 g/mol. The Morgan fingerprint density at radius 3 is 2.88 bits per heavy atom. The van der Waals surface area contributed by atoms with Gasteiger partial charge >= 0.3 is 0 Å². The molecule has 92 valence electrons. The summed E-state index contributed by atoms with van der Waals surface area (Å²) in [6, 6.07) is 3.63. The number of likely N-dealkylation sites (tertiary alicyclic amines) is 1. The normalized spacial score (nSPS) is 19.7. The highest BCUT2D eigenvalue weighted by molar-refractivity contribution is 6.18. The van der Waals surface area contributed by atoms with E-state index in [-0.39, 0.29) is 11.5 Å². The van der Waals surface area contributed by atoms with Crippen LogP contribution in [0.4, 0.5) is 8.78 Å². The quantitative estimate of drug-likeness (QED) is 0.748. The lowest BCUT2D eigenvalue weighted by Gasteiger charge is -2.16. The minimum Gasteiger partial charge on any atom is -0.338 e. The molecule has 0 saturated carbocycles. The third-order valence-corrected chi connectivity index (χ3v) is 3.41. The molecule has 0 spiro atoms. The zero-order valence-corrected chi connectivity index (χ0v) is 9.88. The molecule has 0 N–H and O–H groups in total. The molecule has 0 radical (unpaired) electrons. The van der Waals surface area contributed by atoms with Gasteiger partial charge in [0.1, 0.15) is 0 Å². The van der Waals surface area contributed by atoms with Crippen LogP contribution in [-0.4, -0.2) is 29.8 Å². The fourth-order valence-corrected chi connectivity index (χ4v) is 2.23. The summed E-state index contributed by atoms with van der Waals surface area (Å²) in [6.07, 6.45) is 0.812. The van der Waals surface area contributed by atoms with Gasteiger partial charge < -0.3 is 4.90 Å². The van der Waals surface area contributed by atoms with Crippen LogP contribution in [0.3, 0.4) is 0 Å². The van der Waals surface area contributed by atoms with Crippen LogP contribution in [0.2, 0.25) is 0 Å².